The summed E-state index contributed by atoms with van der Waals surface area (Å²) < 4.78 is 0. The highest BCUT2D eigenvalue weighted by molar-refractivity contribution is 5.89. The second-order valence-electron chi connectivity index (χ2n) is 5.16. The lowest BCUT2D eigenvalue weighted by molar-refractivity contribution is -0.114. The Hall–Kier alpha value is -0.850. The van der Waals surface area contributed by atoms with Crippen molar-refractivity contribution in [1.29, 1.82) is 0 Å². The van der Waals surface area contributed by atoms with E-state index in [0.29, 0.717) is 12.3 Å². The van der Waals surface area contributed by atoms with Gasteiger partial charge >= 0.3 is 0 Å². The van der Waals surface area contributed by atoms with Gasteiger partial charge in [-0.2, -0.15) is 0 Å². The molecule has 1 aliphatic carbocycles. The van der Waals surface area contributed by atoms with Gasteiger partial charge in [-0.3, -0.25) is 4.79 Å². The Morgan fingerprint density at radius 2 is 2.27 bits per heavy atom. The van der Waals surface area contributed by atoms with Crippen molar-refractivity contribution in [3.8, 4) is 0 Å². The average molecular weight is 206 g/mol. The Morgan fingerprint density at radius 3 is 2.80 bits per heavy atom. The zero-order valence-electron chi connectivity index (χ0n) is 10.2. The highest BCUT2D eigenvalue weighted by atomic mass is 16.1. The lowest BCUT2D eigenvalue weighted by Crippen LogP contribution is -2.28. The predicted octanol–water partition coefficient (Wildman–Crippen LogP) is 3.90. The van der Waals surface area contributed by atoms with Gasteiger partial charge in [0.2, 0.25) is 0 Å². The zero-order valence-corrected chi connectivity index (χ0v) is 10.2. The third kappa shape index (κ3) is 3.05. The van der Waals surface area contributed by atoms with E-state index in [2.05, 4.69) is 26.5 Å². The van der Waals surface area contributed by atoms with E-state index >= 15 is 0 Å². The molecule has 1 fully saturated rings. The Bertz CT molecular complexity index is 284. The lowest BCUT2D eigenvalue weighted by atomic mass is 9.66. The zero-order chi connectivity index (χ0) is 11.5. The summed E-state index contributed by atoms with van der Waals surface area (Å²) in [4.78, 5) is 11.3. The van der Waals surface area contributed by atoms with Crippen molar-refractivity contribution in [2.24, 2.45) is 11.3 Å². The normalized spacial score (nSPS) is 25.8. The maximum atomic E-state index is 11.3. The second-order valence-corrected chi connectivity index (χ2v) is 5.16. The van der Waals surface area contributed by atoms with Crippen molar-refractivity contribution in [2.75, 3.05) is 0 Å². The van der Waals surface area contributed by atoms with Gasteiger partial charge in [0.25, 0.3) is 0 Å². The summed E-state index contributed by atoms with van der Waals surface area (Å²) in [5.74, 6) is 0.589. The van der Waals surface area contributed by atoms with Gasteiger partial charge < -0.3 is 0 Å². The molecule has 0 aromatic carbocycles. The maximum Gasteiger partial charge on any atom is 0.155 e. The fourth-order valence-electron chi connectivity index (χ4n) is 2.35. The molecule has 0 saturated heterocycles. The summed E-state index contributed by atoms with van der Waals surface area (Å²) in [7, 11) is 0. The van der Waals surface area contributed by atoms with Crippen LogP contribution in [0.1, 0.15) is 46.5 Å². The highest BCUT2D eigenvalue weighted by Crippen LogP contribution is 2.43. The summed E-state index contributed by atoms with van der Waals surface area (Å²) in [6, 6.07) is 0. The summed E-state index contributed by atoms with van der Waals surface area (Å²) >= 11 is 0. The van der Waals surface area contributed by atoms with E-state index in [-0.39, 0.29) is 11.2 Å². The molecule has 0 unspecified atom stereocenters. The Labute approximate surface area is 93.3 Å². The smallest absolute Gasteiger partial charge is 0.155 e. The Kier molecular flexibility index (Phi) is 3.90. The van der Waals surface area contributed by atoms with Crippen LogP contribution >= 0.6 is 0 Å². The van der Waals surface area contributed by atoms with Crippen LogP contribution in [-0.2, 0) is 4.79 Å². The van der Waals surface area contributed by atoms with E-state index in [0.717, 1.165) is 6.42 Å². The molecule has 0 radical (unpaired) electrons. The third-order valence-electron chi connectivity index (χ3n) is 3.42. The van der Waals surface area contributed by atoms with Gasteiger partial charge in [0, 0.05) is 12.3 Å². The van der Waals surface area contributed by atoms with Gasteiger partial charge in [-0.05, 0) is 30.8 Å². The Morgan fingerprint density at radius 1 is 1.60 bits per heavy atom. The molecule has 15 heavy (non-hydrogen) atoms. The average Bonchev–Trinajstić information content (AvgIpc) is 2.15. The molecule has 1 heteroatoms. The molecule has 1 atom stereocenters. The first-order valence-corrected chi connectivity index (χ1v) is 5.86. The van der Waals surface area contributed by atoms with Gasteiger partial charge in [-0.25, -0.2) is 0 Å². The van der Waals surface area contributed by atoms with E-state index in [1.165, 1.54) is 18.4 Å². The molecule has 0 aromatic rings. The molecular formula is C14H22O. The van der Waals surface area contributed by atoms with Crippen molar-refractivity contribution < 1.29 is 4.79 Å². The van der Waals surface area contributed by atoms with E-state index in [1.807, 2.05) is 6.92 Å². The SMILES string of the molecule is C=C1CCCC(C)(C)[C@@H]1/C=C/C(=O)CC. The van der Waals surface area contributed by atoms with Crippen LogP contribution in [0.3, 0.4) is 0 Å². The van der Waals surface area contributed by atoms with Crippen molar-refractivity contribution in [3.05, 3.63) is 24.3 Å². The standard InChI is InChI=1S/C14H22O/c1-5-12(15)8-9-13-11(2)7-6-10-14(13,3)4/h8-9,13H,2,5-7,10H2,1,3-4H3/b9-8+/t13-/m1/s1. The largest absolute Gasteiger partial charge is 0.295 e. The van der Waals surface area contributed by atoms with Crippen molar-refractivity contribution in [3.63, 3.8) is 0 Å². The molecule has 0 amide bonds. The minimum Gasteiger partial charge on any atom is -0.295 e. The molecule has 84 valence electrons. The Balaban J connectivity index is 2.76. The molecule has 0 heterocycles. The number of rotatable bonds is 3. The molecule has 0 spiro atoms. The van der Waals surface area contributed by atoms with Crippen LogP contribution in [0.4, 0.5) is 0 Å². The van der Waals surface area contributed by atoms with Gasteiger partial charge in [0.15, 0.2) is 5.78 Å². The van der Waals surface area contributed by atoms with E-state index in [1.54, 1.807) is 6.08 Å². The molecule has 0 aromatic heterocycles. The molecule has 0 N–H and O–H groups in total. The summed E-state index contributed by atoms with van der Waals surface area (Å²) in [6.07, 6.45) is 7.96. The molecule has 0 aliphatic heterocycles. The predicted molar refractivity (Wildman–Crippen MR) is 64.7 cm³/mol. The highest BCUT2D eigenvalue weighted by Gasteiger charge is 2.32. The van der Waals surface area contributed by atoms with Crippen LogP contribution in [0.15, 0.2) is 24.3 Å². The maximum absolute atomic E-state index is 11.3. The number of hydrogen-bond donors (Lipinski definition) is 0. The number of carbonyl (C=O) groups excluding carboxylic acids is 1. The quantitative estimate of drug-likeness (QED) is 0.505. The van der Waals surface area contributed by atoms with E-state index < -0.39 is 0 Å². The minimum atomic E-state index is 0.212. The van der Waals surface area contributed by atoms with E-state index in [4.69, 9.17) is 0 Å². The molecule has 1 saturated carbocycles. The van der Waals surface area contributed by atoms with Crippen molar-refractivity contribution >= 4 is 5.78 Å². The topological polar surface area (TPSA) is 17.1 Å². The molecule has 1 nitrogen and oxygen atoms in total. The summed E-state index contributed by atoms with van der Waals surface area (Å²) in [6.45, 7) is 10.6. The number of hydrogen-bond acceptors (Lipinski definition) is 1. The molecular weight excluding hydrogens is 184 g/mol. The first-order valence-electron chi connectivity index (χ1n) is 5.86. The first kappa shape index (κ1) is 12.2. The second kappa shape index (κ2) is 4.78. The van der Waals surface area contributed by atoms with Gasteiger partial charge in [0.1, 0.15) is 0 Å². The van der Waals surface area contributed by atoms with Crippen LogP contribution in [-0.4, -0.2) is 5.78 Å². The molecule has 0 bridgehead atoms. The number of ketones is 1. The molecule has 1 rings (SSSR count). The van der Waals surface area contributed by atoms with Crippen LogP contribution in [0, 0.1) is 11.3 Å². The lowest BCUT2D eigenvalue weighted by Gasteiger charge is -2.38. The van der Waals surface area contributed by atoms with Crippen molar-refractivity contribution in [1.82, 2.24) is 0 Å². The molecule has 1 aliphatic rings. The number of allylic oxidation sites excluding steroid dienone is 3. The van der Waals surface area contributed by atoms with Crippen LogP contribution in [0.5, 0.6) is 0 Å². The first-order chi connectivity index (χ1) is 6.97. The van der Waals surface area contributed by atoms with Crippen LogP contribution in [0.2, 0.25) is 0 Å². The van der Waals surface area contributed by atoms with Crippen LogP contribution < -0.4 is 0 Å². The fraction of sp³-hybridized carbons (Fsp3) is 0.643. The van der Waals surface area contributed by atoms with Crippen molar-refractivity contribution in [2.45, 2.75) is 46.5 Å². The van der Waals surface area contributed by atoms with Gasteiger partial charge in [-0.1, -0.05) is 39.0 Å². The van der Waals surface area contributed by atoms with E-state index in [9.17, 15) is 4.79 Å². The number of carbonyl (C=O) groups is 1. The third-order valence-corrected chi connectivity index (χ3v) is 3.42. The van der Waals surface area contributed by atoms with Gasteiger partial charge in [0.05, 0.1) is 0 Å². The fourth-order valence-corrected chi connectivity index (χ4v) is 2.35. The van der Waals surface area contributed by atoms with Crippen LogP contribution in [0.25, 0.3) is 0 Å². The minimum absolute atomic E-state index is 0.212. The monoisotopic (exact) mass is 206 g/mol. The van der Waals surface area contributed by atoms with Gasteiger partial charge in [-0.15, -0.1) is 0 Å². The summed E-state index contributed by atoms with van der Waals surface area (Å²) in [5, 5.41) is 0. The summed E-state index contributed by atoms with van der Waals surface area (Å²) in [5.41, 5.74) is 1.55.